The smallest absolute Gasteiger partial charge is 0.272 e. The number of carbonyl (C=O) groups is 3. The quantitative estimate of drug-likeness (QED) is 0.706. The molecule has 0 saturated carbocycles. The number of primary amides is 1. The Morgan fingerprint density at radius 2 is 1.96 bits per heavy atom. The minimum atomic E-state index is -0.763. The molecule has 2 rings (SSSR count). The molecule has 0 fully saturated rings. The standard InChI is InChI=1S/C16H21N5O3/c1-9(2)7-10(14(17)22)20-15(23)11-8-21-12(16(24)18-3)5-4-6-13(21)19-11/h4-6,8-10H,7H2,1-3H3,(H2,17,22)(H,18,24)(H,20,23)/t10-/m1/s1. The summed E-state index contributed by atoms with van der Waals surface area (Å²) in [5.74, 6) is -1.19. The predicted molar refractivity (Wildman–Crippen MR) is 88.5 cm³/mol. The first-order valence-electron chi connectivity index (χ1n) is 7.63. The van der Waals surface area contributed by atoms with Crippen LogP contribution < -0.4 is 16.4 Å². The number of pyridine rings is 1. The first-order chi connectivity index (χ1) is 11.3. The van der Waals surface area contributed by atoms with Crippen LogP contribution in [-0.2, 0) is 4.79 Å². The summed E-state index contributed by atoms with van der Waals surface area (Å²) in [6.07, 6.45) is 1.90. The van der Waals surface area contributed by atoms with Gasteiger partial charge in [0.25, 0.3) is 11.8 Å². The molecule has 2 aromatic heterocycles. The van der Waals surface area contributed by atoms with Crippen molar-refractivity contribution in [3.8, 4) is 0 Å². The van der Waals surface area contributed by atoms with Gasteiger partial charge in [-0.15, -0.1) is 0 Å². The second-order valence-corrected chi connectivity index (χ2v) is 5.90. The minimum Gasteiger partial charge on any atom is -0.368 e. The van der Waals surface area contributed by atoms with Crippen LogP contribution in [0.3, 0.4) is 0 Å². The number of nitrogens with two attached hydrogens (primary N) is 1. The van der Waals surface area contributed by atoms with E-state index < -0.39 is 17.9 Å². The zero-order chi connectivity index (χ0) is 17.9. The normalized spacial score (nSPS) is 12.2. The van der Waals surface area contributed by atoms with Crippen molar-refractivity contribution in [1.82, 2.24) is 20.0 Å². The van der Waals surface area contributed by atoms with Crippen molar-refractivity contribution in [2.45, 2.75) is 26.3 Å². The third-order valence-electron chi connectivity index (χ3n) is 3.54. The maximum Gasteiger partial charge on any atom is 0.272 e. The number of hydrogen-bond acceptors (Lipinski definition) is 4. The Bertz CT molecular complexity index is 781. The van der Waals surface area contributed by atoms with Crippen LogP contribution in [0.4, 0.5) is 0 Å². The summed E-state index contributed by atoms with van der Waals surface area (Å²) in [6.45, 7) is 3.87. The van der Waals surface area contributed by atoms with Crippen LogP contribution in [0.15, 0.2) is 24.4 Å². The van der Waals surface area contributed by atoms with Crippen molar-refractivity contribution >= 4 is 23.4 Å². The van der Waals surface area contributed by atoms with Gasteiger partial charge < -0.3 is 16.4 Å². The number of nitrogens with one attached hydrogen (secondary N) is 2. The molecule has 2 heterocycles. The van der Waals surface area contributed by atoms with Crippen LogP contribution in [0, 0.1) is 5.92 Å². The predicted octanol–water partition coefficient (Wildman–Crippen LogP) is 0.324. The summed E-state index contributed by atoms with van der Waals surface area (Å²) < 4.78 is 1.52. The average Bonchev–Trinajstić information content (AvgIpc) is 2.97. The Balaban J connectivity index is 2.30. The fourth-order valence-corrected chi connectivity index (χ4v) is 2.38. The molecular weight excluding hydrogens is 310 g/mol. The average molecular weight is 331 g/mol. The Kier molecular flexibility index (Phi) is 5.18. The second-order valence-electron chi connectivity index (χ2n) is 5.90. The number of hydrogen-bond donors (Lipinski definition) is 3. The molecule has 2 aromatic rings. The maximum absolute atomic E-state index is 12.4. The molecular formula is C16H21N5O3. The van der Waals surface area contributed by atoms with Gasteiger partial charge >= 0.3 is 0 Å². The molecule has 8 nitrogen and oxygen atoms in total. The first kappa shape index (κ1) is 17.5. The van der Waals surface area contributed by atoms with Crippen molar-refractivity contribution < 1.29 is 14.4 Å². The maximum atomic E-state index is 12.4. The Morgan fingerprint density at radius 1 is 1.25 bits per heavy atom. The van der Waals surface area contributed by atoms with Crippen LogP contribution in [0.1, 0.15) is 41.2 Å². The van der Waals surface area contributed by atoms with E-state index in [0.29, 0.717) is 17.8 Å². The van der Waals surface area contributed by atoms with Crippen molar-refractivity contribution in [2.24, 2.45) is 11.7 Å². The van der Waals surface area contributed by atoms with E-state index in [1.807, 2.05) is 13.8 Å². The van der Waals surface area contributed by atoms with Gasteiger partial charge in [-0.1, -0.05) is 19.9 Å². The molecule has 0 aromatic carbocycles. The highest BCUT2D eigenvalue weighted by Crippen LogP contribution is 2.11. The molecule has 0 aliphatic rings. The minimum absolute atomic E-state index is 0.112. The molecule has 0 bridgehead atoms. The summed E-state index contributed by atoms with van der Waals surface area (Å²) in [5, 5.41) is 5.13. The number of amides is 3. The summed E-state index contributed by atoms with van der Waals surface area (Å²) >= 11 is 0. The zero-order valence-electron chi connectivity index (χ0n) is 13.9. The Labute approximate surface area is 139 Å². The van der Waals surface area contributed by atoms with Crippen molar-refractivity contribution in [2.75, 3.05) is 7.05 Å². The van der Waals surface area contributed by atoms with Crippen LogP contribution >= 0.6 is 0 Å². The molecule has 0 unspecified atom stereocenters. The van der Waals surface area contributed by atoms with Crippen LogP contribution in [-0.4, -0.2) is 40.2 Å². The van der Waals surface area contributed by atoms with E-state index in [2.05, 4.69) is 15.6 Å². The van der Waals surface area contributed by atoms with Gasteiger partial charge in [-0.25, -0.2) is 4.98 Å². The van der Waals surface area contributed by atoms with E-state index in [0.717, 1.165) is 0 Å². The molecule has 128 valence electrons. The molecule has 4 N–H and O–H groups in total. The molecule has 0 saturated heterocycles. The van der Waals surface area contributed by atoms with E-state index in [4.69, 9.17) is 5.73 Å². The van der Waals surface area contributed by atoms with Crippen LogP contribution in [0.5, 0.6) is 0 Å². The molecule has 0 spiro atoms. The van der Waals surface area contributed by atoms with Gasteiger partial charge in [-0.05, 0) is 24.5 Å². The van der Waals surface area contributed by atoms with Gasteiger partial charge in [0, 0.05) is 13.2 Å². The van der Waals surface area contributed by atoms with E-state index in [-0.39, 0.29) is 17.5 Å². The molecule has 0 aliphatic heterocycles. The zero-order valence-corrected chi connectivity index (χ0v) is 13.9. The molecule has 0 aliphatic carbocycles. The second kappa shape index (κ2) is 7.12. The Hall–Kier alpha value is -2.90. The summed E-state index contributed by atoms with van der Waals surface area (Å²) in [4.78, 5) is 39.9. The highest BCUT2D eigenvalue weighted by atomic mass is 16.2. The number of imidazole rings is 1. The van der Waals surface area contributed by atoms with E-state index in [1.54, 1.807) is 18.2 Å². The Morgan fingerprint density at radius 3 is 2.54 bits per heavy atom. The summed E-state index contributed by atoms with van der Waals surface area (Å²) in [5.41, 5.74) is 6.26. The lowest BCUT2D eigenvalue weighted by atomic mass is 10.0. The van der Waals surface area contributed by atoms with Gasteiger partial charge in [0.1, 0.15) is 23.1 Å². The molecule has 3 amide bonds. The lowest BCUT2D eigenvalue weighted by molar-refractivity contribution is -0.120. The topological polar surface area (TPSA) is 119 Å². The molecule has 0 radical (unpaired) electrons. The van der Waals surface area contributed by atoms with Crippen molar-refractivity contribution in [3.05, 3.63) is 35.8 Å². The van der Waals surface area contributed by atoms with Gasteiger partial charge in [0.05, 0.1) is 0 Å². The highest BCUT2D eigenvalue weighted by Gasteiger charge is 2.22. The summed E-state index contributed by atoms with van der Waals surface area (Å²) in [6, 6.07) is 4.23. The first-order valence-corrected chi connectivity index (χ1v) is 7.63. The van der Waals surface area contributed by atoms with E-state index >= 15 is 0 Å². The largest absolute Gasteiger partial charge is 0.368 e. The fraction of sp³-hybridized carbons (Fsp3) is 0.375. The molecule has 1 atom stereocenters. The fourth-order valence-electron chi connectivity index (χ4n) is 2.38. The molecule has 24 heavy (non-hydrogen) atoms. The van der Waals surface area contributed by atoms with Crippen molar-refractivity contribution in [1.29, 1.82) is 0 Å². The van der Waals surface area contributed by atoms with Gasteiger partial charge in [0.2, 0.25) is 5.91 Å². The van der Waals surface area contributed by atoms with Crippen molar-refractivity contribution in [3.63, 3.8) is 0 Å². The number of rotatable bonds is 6. The lowest BCUT2D eigenvalue weighted by Gasteiger charge is -2.16. The van der Waals surface area contributed by atoms with Gasteiger partial charge in [-0.3, -0.25) is 18.8 Å². The van der Waals surface area contributed by atoms with Gasteiger partial charge in [0.15, 0.2) is 0 Å². The summed E-state index contributed by atoms with van der Waals surface area (Å²) in [7, 11) is 1.52. The van der Waals surface area contributed by atoms with Gasteiger partial charge in [-0.2, -0.15) is 0 Å². The van der Waals surface area contributed by atoms with E-state index in [1.165, 1.54) is 17.6 Å². The highest BCUT2D eigenvalue weighted by molar-refractivity contribution is 5.97. The number of fused-ring (bicyclic) bond motifs is 1. The number of nitrogens with zero attached hydrogens (tertiary/aromatic N) is 2. The van der Waals surface area contributed by atoms with Crippen LogP contribution in [0.2, 0.25) is 0 Å². The molecule has 8 heteroatoms. The SMILES string of the molecule is CNC(=O)c1cccc2nc(C(=O)N[C@H](CC(C)C)C(N)=O)cn12. The lowest BCUT2D eigenvalue weighted by Crippen LogP contribution is -2.45. The third-order valence-corrected chi connectivity index (χ3v) is 3.54. The van der Waals surface area contributed by atoms with E-state index in [9.17, 15) is 14.4 Å². The third kappa shape index (κ3) is 3.70. The number of carbonyl (C=O) groups excluding carboxylic acids is 3. The monoisotopic (exact) mass is 331 g/mol. The number of aromatic nitrogens is 2. The van der Waals surface area contributed by atoms with Crippen LogP contribution in [0.25, 0.3) is 5.65 Å².